The lowest BCUT2D eigenvalue weighted by Gasteiger charge is -2.46. The van der Waals surface area contributed by atoms with Gasteiger partial charge in [0.05, 0.1) is 12.7 Å². The second-order valence-electron chi connectivity index (χ2n) is 7.74. The van der Waals surface area contributed by atoms with Gasteiger partial charge in [-0.05, 0) is 36.0 Å². The number of hydrogen-bond acceptors (Lipinski definition) is 1. The van der Waals surface area contributed by atoms with E-state index in [-0.39, 0.29) is 18.8 Å². The molecule has 5 atom stereocenters. The Kier molecular flexibility index (Phi) is 4.78. The quantitative estimate of drug-likeness (QED) is 0.668. The molecule has 1 aliphatic heterocycles. The topological polar surface area (TPSA) is 9.23 Å². The first-order valence-electron chi connectivity index (χ1n) is 8.20. The number of hydrogen-bond donors (Lipinski definition) is 0. The van der Waals surface area contributed by atoms with Gasteiger partial charge in [0, 0.05) is 18.8 Å². The highest BCUT2D eigenvalue weighted by Gasteiger charge is 2.48. The van der Waals surface area contributed by atoms with Crippen LogP contribution in [0.3, 0.4) is 0 Å². The van der Waals surface area contributed by atoms with Gasteiger partial charge in [0.15, 0.2) is 0 Å². The Balaban J connectivity index is 1.78. The molecule has 2 aliphatic rings. The molecule has 1 nitrogen and oxygen atoms in total. The van der Waals surface area contributed by atoms with E-state index in [1.807, 2.05) is 0 Å². The Morgan fingerprint density at radius 3 is 2.05 bits per heavy atom. The highest BCUT2D eigenvalue weighted by Crippen LogP contribution is 2.49. The number of ether oxygens (including phenoxy) is 1. The van der Waals surface area contributed by atoms with Crippen LogP contribution in [0.15, 0.2) is 0 Å². The molecule has 0 aromatic rings. The summed E-state index contributed by atoms with van der Waals surface area (Å²) in [6, 6.07) is 0. The third-order valence-electron chi connectivity index (χ3n) is 6.07. The molecule has 0 aromatic carbocycles. The van der Waals surface area contributed by atoms with E-state index in [0.29, 0.717) is 35.7 Å². The highest BCUT2D eigenvalue weighted by atomic mass is 19.3. The van der Waals surface area contributed by atoms with Gasteiger partial charge in [-0.2, -0.15) is 0 Å². The molecule has 1 saturated heterocycles. The van der Waals surface area contributed by atoms with Crippen LogP contribution in [0, 0.1) is 35.5 Å². The van der Waals surface area contributed by atoms with Crippen LogP contribution in [-0.4, -0.2) is 18.6 Å². The van der Waals surface area contributed by atoms with Crippen molar-refractivity contribution in [2.24, 2.45) is 35.5 Å². The molecule has 0 N–H and O–H groups in total. The fourth-order valence-electron chi connectivity index (χ4n) is 3.70. The number of rotatable bonds is 6. The van der Waals surface area contributed by atoms with E-state index >= 15 is 0 Å². The first kappa shape index (κ1) is 16.2. The Bertz CT molecular complexity index is 321. The molecule has 1 aliphatic carbocycles. The van der Waals surface area contributed by atoms with E-state index < -0.39 is 5.92 Å². The summed E-state index contributed by atoms with van der Waals surface area (Å²) in [6.07, 6.45) is 1.57. The Hall–Kier alpha value is -0.180. The molecule has 118 valence electrons. The molecular weight excluding hydrogens is 258 g/mol. The van der Waals surface area contributed by atoms with Crippen molar-refractivity contribution in [1.29, 1.82) is 0 Å². The smallest absolute Gasteiger partial charge is 0.248 e. The second kappa shape index (κ2) is 5.90. The summed E-state index contributed by atoms with van der Waals surface area (Å²) in [5, 5.41) is 0. The summed E-state index contributed by atoms with van der Waals surface area (Å²) in [7, 11) is 0. The molecule has 1 heterocycles. The van der Waals surface area contributed by atoms with Gasteiger partial charge in [-0.15, -0.1) is 0 Å². The molecule has 2 rings (SSSR count). The fourth-order valence-corrected chi connectivity index (χ4v) is 3.70. The first-order valence-corrected chi connectivity index (χ1v) is 8.20. The van der Waals surface area contributed by atoms with Crippen molar-refractivity contribution in [2.75, 3.05) is 6.61 Å². The van der Waals surface area contributed by atoms with Gasteiger partial charge in [-0.25, -0.2) is 8.78 Å². The van der Waals surface area contributed by atoms with Crippen LogP contribution in [0.4, 0.5) is 8.78 Å². The number of halogens is 2. The SMILES string of the molecule is CC(C)C(C)C1COC1CC(C)C(C)C1CC(F)(F)C1. The van der Waals surface area contributed by atoms with Crippen molar-refractivity contribution in [3.05, 3.63) is 0 Å². The largest absolute Gasteiger partial charge is 0.377 e. The maximum Gasteiger partial charge on any atom is 0.248 e. The molecule has 5 unspecified atom stereocenters. The monoisotopic (exact) mass is 288 g/mol. The van der Waals surface area contributed by atoms with Crippen molar-refractivity contribution in [3.63, 3.8) is 0 Å². The zero-order chi connectivity index (χ0) is 15.1. The second-order valence-corrected chi connectivity index (χ2v) is 7.74. The van der Waals surface area contributed by atoms with Crippen molar-refractivity contribution in [1.82, 2.24) is 0 Å². The van der Waals surface area contributed by atoms with Gasteiger partial charge in [0.1, 0.15) is 0 Å². The third-order valence-corrected chi connectivity index (χ3v) is 6.07. The van der Waals surface area contributed by atoms with Crippen LogP contribution in [0.1, 0.15) is 53.9 Å². The molecular formula is C17H30F2O. The Morgan fingerprint density at radius 2 is 1.65 bits per heavy atom. The number of alkyl halides is 2. The van der Waals surface area contributed by atoms with E-state index in [0.717, 1.165) is 13.0 Å². The lowest BCUT2D eigenvalue weighted by molar-refractivity contribution is -0.160. The molecule has 0 radical (unpaired) electrons. The molecule has 0 amide bonds. The predicted octanol–water partition coefficient (Wildman–Crippen LogP) is 5.00. The molecule has 0 spiro atoms. The maximum atomic E-state index is 13.0. The van der Waals surface area contributed by atoms with Gasteiger partial charge >= 0.3 is 0 Å². The highest BCUT2D eigenvalue weighted by molar-refractivity contribution is 4.92. The predicted molar refractivity (Wildman–Crippen MR) is 77.8 cm³/mol. The molecule has 1 saturated carbocycles. The minimum atomic E-state index is -2.39. The lowest BCUT2D eigenvalue weighted by atomic mass is 9.67. The zero-order valence-electron chi connectivity index (χ0n) is 13.5. The molecule has 0 bridgehead atoms. The summed E-state index contributed by atoms with van der Waals surface area (Å²) in [5.41, 5.74) is 0. The molecule has 0 aromatic heterocycles. The van der Waals surface area contributed by atoms with E-state index in [9.17, 15) is 8.78 Å². The van der Waals surface area contributed by atoms with E-state index in [1.54, 1.807) is 0 Å². The fraction of sp³-hybridized carbons (Fsp3) is 1.00. The summed E-state index contributed by atoms with van der Waals surface area (Å²) in [6.45, 7) is 12.1. The lowest BCUT2D eigenvalue weighted by Crippen LogP contribution is -2.47. The van der Waals surface area contributed by atoms with Gasteiger partial charge in [0.2, 0.25) is 5.92 Å². The normalized spacial score (nSPS) is 34.2. The standard InChI is InChI=1S/C17H30F2O/c1-10(2)12(4)15-9-20-16(15)6-11(3)13(5)14-7-17(18,19)8-14/h10-16H,6-9H2,1-5H3. The van der Waals surface area contributed by atoms with Gasteiger partial charge in [-0.1, -0.05) is 34.6 Å². The third kappa shape index (κ3) is 3.35. The zero-order valence-corrected chi connectivity index (χ0v) is 13.5. The minimum absolute atomic E-state index is 0.0931. The van der Waals surface area contributed by atoms with Crippen molar-refractivity contribution >= 4 is 0 Å². The summed E-state index contributed by atoms with van der Waals surface area (Å²) < 4.78 is 31.7. The average Bonchev–Trinajstić information content (AvgIpc) is 2.29. The van der Waals surface area contributed by atoms with Crippen LogP contribution >= 0.6 is 0 Å². The van der Waals surface area contributed by atoms with E-state index in [1.165, 1.54) is 0 Å². The van der Waals surface area contributed by atoms with Gasteiger partial charge in [-0.3, -0.25) is 0 Å². The van der Waals surface area contributed by atoms with Crippen molar-refractivity contribution < 1.29 is 13.5 Å². The molecule has 2 fully saturated rings. The van der Waals surface area contributed by atoms with Gasteiger partial charge < -0.3 is 4.74 Å². The van der Waals surface area contributed by atoms with Crippen LogP contribution in [0.2, 0.25) is 0 Å². The molecule has 20 heavy (non-hydrogen) atoms. The average molecular weight is 288 g/mol. The summed E-state index contributed by atoms with van der Waals surface area (Å²) >= 11 is 0. The van der Waals surface area contributed by atoms with Crippen molar-refractivity contribution in [2.45, 2.75) is 65.9 Å². The van der Waals surface area contributed by atoms with Crippen LogP contribution in [0.5, 0.6) is 0 Å². The van der Waals surface area contributed by atoms with Crippen LogP contribution < -0.4 is 0 Å². The Morgan fingerprint density at radius 1 is 1.05 bits per heavy atom. The summed E-state index contributed by atoms with van der Waals surface area (Å²) in [4.78, 5) is 0. The first-order chi connectivity index (χ1) is 9.21. The van der Waals surface area contributed by atoms with Gasteiger partial charge in [0.25, 0.3) is 0 Å². The van der Waals surface area contributed by atoms with E-state index in [2.05, 4.69) is 34.6 Å². The van der Waals surface area contributed by atoms with Crippen LogP contribution in [0.25, 0.3) is 0 Å². The maximum absolute atomic E-state index is 13.0. The Labute approximate surface area is 122 Å². The summed E-state index contributed by atoms with van der Waals surface area (Å²) in [5.74, 6) is 0.708. The van der Waals surface area contributed by atoms with Crippen molar-refractivity contribution in [3.8, 4) is 0 Å². The minimum Gasteiger partial charge on any atom is -0.377 e. The van der Waals surface area contributed by atoms with E-state index in [4.69, 9.17) is 4.74 Å². The molecule has 3 heteroatoms. The van der Waals surface area contributed by atoms with Crippen LogP contribution in [-0.2, 0) is 4.74 Å².